The van der Waals surface area contributed by atoms with Crippen LogP contribution in [-0.2, 0) is 0 Å². The molecule has 0 N–H and O–H groups in total. The Morgan fingerprint density at radius 3 is 2.76 bits per heavy atom. The molecule has 2 rings (SSSR count). The summed E-state index contributed by atoms with van der Waals surface area (Å²) in [6.45, 7) is 0. The first-order valence-corrected chi connectivity index (χ1v) is 6.01. The van der Waals surface area contributed by atoms with Crippen molar-refractivity contribution in [1.82, 2.24) is 5.01 Å². The summed E-state index contributed by atoms with van der Waals surface area (Å²) < 4.78 is 6.72. The second-order valence-corrected chi connectivity index (χ2v) is 4.72. The van der Waals surface area contributed by atoms with Crippen molar-refractivity contribution in [1.29, 1.82) is 0 Å². The molecule has 0 bridgehead atoms. The average molecular weight is 293 g/mol. The van der Waals surface area contributed by atoms with Gasteiger partial charge in [0.1, 0.15) is 11.5 Å². The maximum atomic E-state index is 5.68. The molecule has 0 amide bonds. The Bertz CT molecular complexity index is 532. The molecule has 1 heterocycles. The molecule has 0 aliphatic carbocycles. The molecule has 0 aliphatic rings. The SMILES string of the molecule is CN(C)N=Cc1ccc(-c2cccc(Br)c2)o1. The minimum atomic E-state index is 0.744. The Morgan fingerprint density at radius 2 is 2.06 bits per heavy atom. The van der Waals surface area contributed by atoms with E-state index in [2.05, 4.69) is 21.0 Å². The van der Waals surface area contributed by atoms with Crippen molar-refractivity contribution < 1.29 is 4.42 Å². The fourth-order valence-electron chi connectivity index (χ4n) is 1.39. The fourth-order valence-corrected chi connectivity index (χ4v) is 1.79. The molecule has 0 unspecified atom stereocenters. The summed E-state index contributed by atoms with van der Waals surface area (Å²) in [4.78, 5) is 0. The van der Waals surface area contributed by atoms with Crippen molar-refractivity contribution in [3.8, 4) is 11.3 Å². The summed E-state index contributed by atoms with van der Waals surface area (Å²) in [6.07, 6.45) is 1.70. The number of nitrogens with zero attached hydrogens (tertiary/aromatic N) is 2. The first-order valence-electron chi connectivity index (χ1n) is 5.22. The Labute approximate surface area is 109 Å². The van der Waals surface area contributed by atoms with Crippen LogP contribution in [0.1, 0.15) is 5.76 Å². The molecule has 0 atom stereocenters. The van der Waals surface area contributed by atoms with Gasteiger partial charge in [-0.05, 0) is 24.3 Å². The van der Waals surface area contributed by atoms with E-state index >= 15 is 0 Å². The predicted octanol–water partition coefficient (Wildman–Crippen LogP) is 3.60. The maximum absolute atomic E-state index is 5.68. The molecule has 0 radical (unpaired) electrons. The predicted molar refractivity (Wildman–Crippen MR) is 73.1 cm³/mol. The van der Waals surface area contributed by atoms with Gasteiger partial charge >= 0.3 is 0 Å². The van der Waals surface area contributed by atoms with Crippen molar-refractivity contribution >= 4 is 22.1 Å². The van der Waals surface area contributed by atoms with Gasteiger partial charge in [-0.3, -0.25) is 0 Å². The Hall–Kier alpha value is -1.55. The molecule has 0 spiro atoms. The molecule has 2 aromatic rings. The van der Waals surface area contributed by atoms with Gasteiger partial charge in [-0.25, -0.2) is 0 Å². The minimum absolute atomic E-state index is 0.744. The van der Waals surface area contributed by atoms with Gasteiger partial charge in [-0.15, -0.1) is 0 Å². The highest BCUT2D eigenvalue weighted by Crippen LogP contribution is 2.24. The van der Waals surface area contributed by atoms with Gasteiger partial charge in [0.05, 0.1) is 6.21 Å². The van der Waals surface area contributed by atoms with Gasteiger partial charge in [-0.2, -0.15) is 5.10 Å². The fraction of sp³-hybridized carbons (Fsp3) is 0.154. The number of furan rings is 1. The Kier molecular flexibility index (Phi) is 3.64. The van der Waals surface area contributed by atoms with Crippen LogP contribution < -0.4 is 0 Å². The summed E-state index contributed by atoms with van der Waals surface area (Å²) in [7, 11) is 3.74. The van der Waals surface area contributed by atoms with Crippen LogP contribution in [0.15, 0.2) is 50.4 Å². The van der Waals surface area contributed by atoms with E-state index in [1.54, 1.807) is 11.2 Å². The van der Waals surface area contributed by atoms with Gasteiger partial charge in [0, 0.05) is 24.1 Å². The second-order valence-electron chi connectivity index (χ2n) is 3.80. The normalized spacial score (nSPS) is 11.0. The summed E-state index contributed by atoms with van der Waals surface area (Å²) in [5, 5.41) is 5.85. The van der Waals surface area contributed by atoms with E-state index in [0.29, 0.717) is 0 Å². The monoisotopic (exact) mass is 292 g/mol. The van der Waals surface area contributed by atoms with Crippen molar-refractivity contribution in [3.63, 3.8) is 0 Å². The molecule has 17 heavy (non-hydrogen) atoms. The number of hydrogen-bond donors (Lipinski definition) is 0. The summed E-state index contributed by atoms with van der Waals surface area (Å²) >= 11 is 3.44. The van der Waals surface area contributed by atoms with Gasteiger partial charge in [0.25, 0.3) is 0 Å². The molecule has 3 nitrogen and oxygen atoms in total. The molecule has 0 saturated heterocycles. The number of halogens is 1. The van der Waals surface area contributed by atoms with Crippen molar-refractivity contribution in [2.45, 2.75) is 0 Å². The van der Waals surface area contributed by atoms with E-state index in [9.17, 15) is 0 Å². The number of benzene rings is 1. The molecular weight excluding hydrogens is 280 g/mol. The lowest BCUT2D eigenvalue weighted by Crippen LogP contribution is -2.01. The third kappa shape index (κ3) is 3.20. The molecule has 4 heteroatoms. The summed E-state index contributed by atoms with van der Waals surface area (Å²) in [5.41, 5.74) is 1.05. The minimum Gasteiger partial charge on any atom is -0.455 e. The lowest BCUT2D eigenvalue weighted by atomic mass is 10.2. The van der Waals surface area contributed by atoms with E-state index < -0.39 is 0 Å². The van der Waals surface area contributed by atoms with Crippen LogP contribution in [0.3, 0.4) is 0 Å². The highest BCUT2D eigenvalue weighted by molar-refractivity contribution is 9.10. The van der Waals surface area contributed by atoms with Crippen molar-refractivity contribution in [2.24, 2.45) is 5.10 Å². The zero-order valence-corrected chi connectivity index (χ0v) is 11.3. The molecule has 1 aromatic heterocycles. The van der Waals surface area contributed by atoms with Crippen LogP contribution >= 0.6 is 15.9 Å². The van der Waals surface area contributed by atoms with E-state index in [1.807, 2.05) is 50.5 Å². The van der Waals surface area contributed by atoms with Crippen LogP contribution in [0, 0.1) is 0 Å². The average Bonchev–Trinajstić information content (AvgIpc) is 2.75. The van der Waals surface area contributed by atoms with Crippen LogP contribution in [-0.4, -0.2) is 25.3 Å². The molecule has 1 aromatic carbocycles. The lowest BCUT2D eigenvalue weighted by Gasteiger charge is -2.00. The smallest absolute Gasteiger partial charge is 0.147 e. The van der Waals surface area contributed by atoms with Crippen molar-refractivity contribution in [2.75, 3.05) is 14.1 Å². The number of hydrogen-bond acceptors (Lipinski definition) is 3. The zero-order valence-electron chi connectivity index (χ0n) is 9.72. The van der Waals surface area contributed by atoms with Gasteiger partial charge < -0.3 is 9.43 Å². The van der Waals surface area contributed by atoms with Gasteiger partial charge in [-0.1, -0.05) is 28.1 Å². The van der Waals surface area contributed by atoms with Crippen molar-refractivity contribution in [3.05, 3.63) is 46.6 Å². The Balaban J connectivity index is 2.24. The largest absolute Gasteiger partial charge is 0.455 e. The van der Waals surface area contributed by atoms with E-state index in [0.717, 1.165) is 21.6 Å². The first kappa shape index (κ1) is 11.9. The molecule has 0 fully saturated rings. The molecular formula is C13H13BrN2O. The van der Waals surface area contributed by atoms with E-state index in [4.69, 9.17) is 4.42 Å². The summed E-state index contributed by atoms with van der Waals surface area (Å²) in [5.74, 6) is 1.58. The maximum Gasteiger partial charge on any atom is 0.147 e. The standard InChI is InChI=1S/C13H13BrN2O/c1-16(2)15-9-12-6-7-13(17-12)10-4-3-5-11(14)8-10/h3-9H,1-2H3. The van der Waals surface area contributed by atoms with Crippen LogP contribution in [0.4, 0.5) is 0 Å². The topological polar surface area (TPSA) is 28.7 Å². The quantitative estimate of drug-likeness (QED) is 0.639. The number of rotatable bonds is 3. The third-order valence-electron chi connectivity index (χ3n) is 2.15. The zero-order chi connectivity index (χ0) is 12.3. The van der Waals surface area contributed by atoms with Crippen LogP contribution in [0.5, 0.6) is 0 Å². The summed E-state index contributed by atoms with van der Waals surface area (Å²) in [6, 6.07) is 11.8. The van der Waals surface area contributed by atoms with Crippen LogP contribution in [0.25, 0.3) is 11.3 Å². The molecule has 0 aliphatic heterocycles. The lowest BCUT2D eigenvalue weighted by molar-refractivity contribution is 0.438. The van der Waals surface area contributed by atoms with E-state index in [1.165, 1.54) is 0 Å². The van der Waals surface area contributed by atoms with Gasteiger partial charge in [0.15, 0.2) is 0 Å². The van der Waals surface area contributed by atoms with E-state index in [-0.39, 0.29) is 0 Å². The van der Waals surface area contributed by atoms with Crippen LogP contribution in [0.2, 0.25) is 0 Å². The third-order valence-corrected chi connectivity index (χ3v) is 2.65. The second kappa shape index (κ2) is 5.19. The highest BCUT2D eigenvalue weighted by Gasteiger charge is 2.03. The number of hydrazone groups is 1. The first-order chi connectivity index (χ1) is 8.15. The molecule has 88 valence electrons. The Morgan fingerprint density at radius 1 is 1.24 bits per heavy atom. The highest BCUT2D eigenvalue weighted by atomic mass is 79.9. The van der Waals surface area contributed by atoms with Gasteiger partial charge in [0.2, 0.25) is 0 Å². The molecule has 0 saturated carbocycles.